The van der Waals surface area contributed by atoms with Crippen LogP contribution >= 0.6 is 0 Å². The summed E-state index contributed by atoms with van der Waals surface area (Å²) < 4.78 is 5.71. The first-order valence-corrected chi connectivity index (χ1v) is 8.41. The number of hydrogen-bond acceptors (Lipinski definition) is 3. The minimum Gasteiger partial charge on any atom is -0.484 e. The number of ether oxygens (including phenoxy) is 1. The van der Waals surface area contributed by atoms with Gasteiger partial charge in [0.15, 0.2) is 6.61 Å². The molecule has 2 aromatic carbocycles. The fourth-order valence-corrected chi connectivity index (χ4v) is 3.04. The Balaban J connectivity index is 1.50. The lowest BCUT2D eigenvalue weighted by atomic mass is 10.1. The van der Waals surface area contributed by atoms with Crippen molar-refractivity contribution in [2.75, 3.05) is 37.7 Å². The van der Waals surface area contributed by atoms with Crippen LogP contribution in [-0.4, -0.2) is 43.6 Å². The first kappa shape index (κ1) is 16.4. The topological polar surface area (TPSA) is 32.8 Å². The van der Waals surface area contributed by atoms with Gasteiger partial charge >= 0.3 is 0 Å². The minimum atomic E-state index is 0.0580. The van der Waals surface area contributed by atoms with E-state index in [4.69, 9.17) is 4.74 Å². The summed E-state index contributed by atoms with van der Waals surface area (Å²) in [6.07, 6.45) is 0. The average molecular weight is 324 g/mol. The summed E-state index contributed by atoms with van der Waals surface area (Å²) in [6.45, 7) is 7.36. The van der Waals surface area contributed by atoms with Crippen molar-refractivity contribution < 1.29 is 9.53 Å². The molecule has 0 bridgehead atoms. The van der Waals surface area contributed by atoms with E-state index in [0.29, 0.717) is 0 Å². The van der Waals surface area contributed by atoms with E-state index in [1.807, 2.05) is 49.1 Å². The summed E-state index contributed by atoms with van der Waals surface area (Å²) in [7, 11) is 0. The van der Waals surface area contributed by atoms with Crippen LogP contribution in [0, 0.1) is 13.8 Å². The van der Waals surface area contributed by atoms with E-state index in [9.17, 15) is 4.79 Å². The SMILES string of the molecule is Cc1ccc(OCC(=O)N2CCN(c3ccccc3)CC2)c(C)c1. The van der Waals surface area contributed by atoms with E-state index in [2.05, 4.69) is 23.1 Å². The second-order valence-corrected chi connectivity index (χ2v) is 6.26. The summed E-state index contributed by atoms with van der Waals surface area (Å²) in [6, 6.07) is 16.3. The van der Waals surface area contributed by atoms with Crippen LogP contribution in [-0.2, 0) is 4.79 Å². The number of aryl methyl sites for hydroxylation is 2. The third kappa shape index (κ3) is 3.88. The number of amides is 1. The van der Waals surface area contributed by atoms with Gasteiger partial charge in [-0.15, -0.1) is 0 Å². The third-order valence-electron chi connectivity index (χ3n) is 4.44. The number of benzene rings is 2. The Morgan fingerprint density at radius 1 is 1.00 bits per heavy atom. The maximum atomic E-state index is 12.4. The Morgan fingerprint density at radius 2 is 1.71 bits per heavy atom. The predicted molar refractivity (Wildman–Crippen MR) is 96.6 cm³/mol. The fraction of sp³-hybridized carbons (Fsp3) is 0.350. The zero-order chi connectivity index (χ0) is 16.9. The fourth-order valence-electron chi connectivity index (χ4n) is 3.04. The summed E-state index contributed by atoms with van der Waals surface area (Å²) >= 11 is 0. The van der Waals surface area contributed by atoms with Crippen LogP contribution in [0.5, 0.6) is 5.75 Å². The van der Waals surface area contributed by atoms with Crippen molar-refractivity contribution >= 4 is 11.6 Å². The zero-order valence-electron chi connectivity index (χ0n) is 14.4. The van der Waals surface area contributed by atoms with Gasteiger partial charge in [0.1, 0.15) is 5.75 Å². The van der Waals surface area contributed by atoms with Gasteiger partial charge in [-0.1, -0.05) is 35.9 Å². The highest BCUT2D eigenvalue weighted by atomic mass is 16.5. The van der Waals surface area contributed by atoms with Gasteiger partial charge in [-0.3, -0.25) is 4.79 Å². The molecule has 0 atom stereocenters. The molecule has 1 aliphatic heterocycles. The maximum absolute atomic E-state index is 12.4. The molecule has 0 aliphatic carbocycles. The van der Waals surface area contributed by atoms with E-state index < -0.39 is 0 Å². The lowest BCUT2D eigenvalue weighted by Crippen LogP contribution is -2.50. The lowest BCUT2D eigenvalue weighted by molar-refractivity contribution is -0.133. The molecule has 3 rings (SSSR count). The van der Waals surface area contributed by atoms with E-state index in [-0.39, 0.29) is 12.5 Å². The van der Waals surface area contributed by atoms with Crippen LogP contribution in [0.2, 0.25) is 0 Å². The Hall–Kier alpha value is -2.49. The van der Waals surface area contributed by atoms with Gasteiger partial charge in [-0.25, -0.2) is 0 Å². The van der Waals surface area contributed by atoms with Gasteiger partial charge in [-0.2, -0.15) is 0 Å². The van der Waals surface area contributed by atoms with E-state index in [1.54, 1.807) is 0 Å². The summed E-state index contributed by atoms with van der Waals surface area (Å²) in [4.78, 5) is 16.6. The molecule has 4 nitrogen and oxygen atoms in total. The summed E-state index contributed by atoms with van der Waals surface area (Å²) in [5.41, 5.74) is 3.48. The molecule has 2 aromatic rings. The molecule has 126 valence electrons. The van der Waals surface area contributed by atoms with Gasteiger partial charge in [0.2, 0.25) is 0 Å². The van der Waals surface area contributed by atoms with Gasteiger partial charge in [0.05, 0.1) is 0 Å². The zero-order valence-corrected chi connectivity index (χ0v) is 14.4. The number of piperazine rings is 1. The number of para-hydroxylation sites is 1. The second kappa shape index (κ2) is 7.39. The monoisotopic (exact) mass is 324 g/mol. The van der Waals surface area contributed by atoms with Gasteiger partial charge in [0.25, 0.3) is 5.91 Å². The lowest BCUT2D eigenvalue weighted by Gasteiger charge is -2.36. The molecule has 0 aromatic heterocycles. The first-order valence-electron chi connectivity index (χ1n) is 8.41. The summed E-state index contributed by atoms with van der Waals surface area (Å²) in [5.74, 6) is 0.847. The van der Waals surface area contributed by atoms with Crippen molar-refractivity contribution in [3.63, 3.8) is 0 Å². The Labute approximate surface area is 143 Å². The van der Waals surface area contributed by atoms with E-state index in [0.717, 1.165) is 37.5 Å². The smallest absolute Gasteiger partial charge is 0.260 e. The quantitative estimate of drug-likeness (QED) is 0.867. The number of carbonyl (C=O) groups excluding carboxylic acids is 1. The normalized spacial score (nSPS) is 14.6. The van der Waals surface area contributed by atoms with E-state index in [1.165, 1.54) is 11.3 Å². The minimum absolute atomic E-state index is 0.0580. The van der Waals surface area contributed by atoms with Crippen LogP contribution in [0.15, 0.2) is 48.5 Å². The predicted octanol–water partition coefficient (Wildman–Crippen LogP) is 3.03. The largest absolute Gasteiger partial charge is 0.484 e. The maximum Gasteiger partial charge on any atom is 0.260 e. The molecule has 1 saturated heterocycles. The molecule has 1 aliphatic rings. The van der Waals surface area contributed by atoms with Crippen LogP contribution in [0.4, 0.5) is 5.69 Å². The Morgan fingerprint density at radius 3 is 2.38 bits per heavy atom. The molecular weight excluding hydrogens is 300 g/mol. The molecule has 1 heterocycles. The molecule has 4 heteroatoms. The molecule has 0 unspecified atom stereocenters. The van der Waals surface area contributed by atoms with Crippen LogP contribution in [0.25, 0.3) is 0 Å². The van der Waals surface area contributed by atoms with Gasteiger partial charge in [-0.05, 0) is 37.6 Å². The summed E-state index contributed by atoms with van der Waals surface area (Å²) in [5, 5.41) is 0. The molecule has 1 fully saturated rings. The van der Waals surface area contributed by atoms with Crippen LogP contribution < -0.4 is 9.64 Å². The Bertz CT molecular complexity index is 692. The second-order valence-electron chi connectivity index (χ2n) is 6.26. The van der Waals surface area contributed by atoms with Crippen molar-refractivity contribution in [1.29, 1.82) is 0 Å². The number of hydrogen-bond donors (Lipinski definition) is 0. The number of nitrogens with zero attached hydrogens (tertiary/aromatic N) is 2. The highest BCUT2D eigenvalue weighted by Crippen LogP contribution is 2.19. The van der Waals surface area contributed by atoms with Crippen molar-refractivity contribution in [2.24, 2.45) is 0 Å². The first-order chi connectivity index (χ1) is 11.6. The molecule has 24 heavy (non-hydrogen) atoms. The van der Waals surface area contributed by atoms with Gasteiger partial charge < -0.3 is 14.5 Å². The Kier molecular flexibility index (Phi) is 5.04. The van der Waals surface area contributed by atoms with Gasteiger partial charge in [0, 0.05) is 31.9 Å². The average Bonchev–Trinajstić information content (AvgIpc) is 2.62. The number of rotatable bonds is 4. The highest BCUT2D eigenvalue weighted by molar-refractivity contribution is 5.78. The molecular formula is C20H24N2O2. The van der Waals surface area contributed by atoms with Crippen molar-refractivity contribution in [3.8, 4) is 5.75 Å². The standard InChI is InChI=1S/C20H24N2O2/c1-16-8-9-19(17(2)14-16)24-15-20(23)22-12-10-21(11-13-22)18-6-4-3-5-7-18/h3-9,14H,10-13,15H2,1-2H3. The molecule has 0 spiro atoms. The van der Waals surface area contributed by atoms with Crippen molar-refractivity contribution in [2.45, 2.75) is 13.8 Å². The number of carbonyl (C=O) groups is 1. The van der Waals surface area contributed by atoms with Crippen molar-refractivity contribution in [1.82, 2.24) is 4.90 Å². The third-order valence-corrected chi connectivity index (χ3v) is 4.44. The number of anilines is 1. The molecule has 0 radical (unpaired) electrons. The van der Waals surface area contributed by atoms with E-state index >= 15 is 0 Å². The molecule has 1 amide bonds. The molecule has 0 N–H and O–H groups in total. The van der Waals surface area contributed by atoms with Crippen LogP contribution in [0.3, 0.4) is 0 Å². The highest BCUT2D eigenvalue weighted by Gasteiger charge is 2.21. The van der Waals surface area contributed by atoms with Crippen LogP contribution in [0.1, 0.15) is 11.1 Å². The molecule has 0 saturated carbocycles. The van der Waals surface area contributed by atoms with Crippen molar-refractivity contribution in [3.05, 3.63) is 59.7 Å².